The van der Waals surface area contributed by atoms with Gasteiger partial charge in [-0.3, -0.25) is 4.79 Å². The first kappa shape index (κ1) is 19.8. The zero-order chi connectivity index (χ0) is 21.1. The van der Waals surface area contributed by atoms with Crippen LogP contribution in [0.1, 0.15) is 40.2 Å². The monoisotopic (exact) mass is 398 g/mol. The van der Waals surface area contributed by atoms with E-state index in [1.807, 2.05) is 67.8 Å². The molecule has 1 amide bonds. The Morgan fingerprint density at radius 2 is 1.73 bits per heavy atom. The summed E-state index contributed by atoms with van der Waals surface area (Å²) in [6, 6.07) is 20.2. The number of carbonyl (C=O) groups is 1. The molecule has 5 nitrogen and oxygen atoms in total. The molecule has 152 valence electrons. The number of nitrogens with one attached hydrogen (secondary N) is 1. The van der Waals surface area contributed by atoms with E-state index >= 15 is 0 Å². The number of fused-ring (bicyclic) bond motifs is 1. The summed E-state index contributed by atoms with van der Waals surface area (Å²) >= 11 is 0. The summed E-state index contributed by atoms with van der Waals surface area (Å²) in [5.41, 5.74) is 8.08. The maximum atomic E-state index is 12.7. The van der Waals surface area contributed by atoms with Crippen molar-refractivity contribution >= 4 is 17.2 Å². The minimum absolute atomic E-state index is 0.00561. The summed E-state index contributed by atoms with van der Waals surface area (Å²) in [7, 11) is 0. The van der Waals surface area contributed by atoms with Crippen molar-refractivity contribution in [1.29, 1.82) is 0 Å². The van der Waals surface area contributed by atoms with Crippen LogP contribution >= 0.6 is 0 Å². The van der Waals surface area contributed by atoms with Crippen molar-refractivity contribution in [2.75, 3.05) is 5.32 Å². The molecule has 2 heterocycles. The lowest BCUT2D eigenvalue weighted by Gasteiger charge is -2.13. The lowest BCUT2D eigenvalue weighted by atomic mass is 10.0. The SMILES string of the molecule is Cc1cc2nc(C)c(CCC(=O)Nc3ccccc3Cc3ccccc3)c(C)n2n1. The Hall–Kier alpha value is -3.47. The molecule has 2 aromatic heterocycles. The number of aromatic nitrogens is 3. The van der Waals surface area contributed by atoms with E-state index in [0.29, 0.717) is 12.8 Å². The highest BCUT2D eigenvalue weighted by molar-refractivity contribution is 5.91. The molecule has 0 bridgehead atoms. The number of hydrogen-bond acceptors (Lipinski definition) is 3. The molecular weight excluding hydrogens is 372 g/mol. The van der Waals surface area contributed by atoms with Crippen LogP contribution in [0.15, 0.2) is 60.7 Å². The zero-order valence-corrected chi connectivity index (χ0v) is 17.6. The van der Waals surface area contributed by atoms with Gasteiger partial charge in [0.15, 0.2) is 5.65 Å². The molecule has 0 fully saturated rings. The minimum atomic E-state index is 0.00561. The van der Waals surface area contributed by atoms with Crippen molar-refractivity contribution in [1.82, 2.24) is 14.6 Å². The van der Waals surface area contributed by atoms with Gasteiger partial charge in [0.2, 0.25) is 5.91 Å². The first-order valence-corrected chi connectivity index (χ1v) is 10.3. The van der Waals surface area contributed by atoms with Crippen LogP contribution in [0.4, 0.5) is 5.69 Å². The van der Waals surface area contributed by atoms with Crippen molar-refractivity contribution in [3.8, 4) is 0 Å². The lowest BCUT2D eigenvalue weighted by Crippen LogP contribution is -2.15. The second-order valence-electron chi connectivity index (χ2n) is 7.68. The third kappa shape index (κ3) is 4.25. The highest BCUT2D eigenvalue weighted by Crippen LogP contribution is 2.21. The second-order valence-corrected chi connectivity index (χ2v) is 7.68. The smallest absolute Gasteiger partial charge is 0.224 e. The molecule has 0 aliphatic carbocycles. The van der Waals surface area contributed by atoms with Crippen LogP contribution < -0.4 is 5.32 Å². The molecule has 0 saturated carbocycles. The number of carbonyl (C=O) groups excluding carboxylic acids is 1. The van der Waals surface area contributed by atoms with Gasteiger partial charge in [-0.2, -0.15) is 5.10 Å². The van der Waals surface area contributed by atoms with Gasteiger partial charge in [0, 0.05) is 29.6 Å². The van der Waals surface area contributed by atoms with Gasteiger partial charge in [-0.1, -0.05) is 48.5 Å². The Morgan fingerprint density at radius 1 is 1.00 bits per heavy atom. The molecule has 0 unspecified atom stereocenters. The maximum absolute atomic E-state index is 12.7. The second kappa shape index (κ2) is 8.49. The summed E-state index contributed by atoms with van der Waals surface area (Å²) in [5.74, 6) is 0.00561. The third-order valence-electron chi connectivity index (χ3n) is 5.42. The van der Waals surface area contributed by atoms with Crippen LogP contribution in [0.2, 0.25) is 0 Å². The van der Waals surface area contributed by atoms with E-state index in [1.54, 1.807) is 0 Å². The van der Waals surface area contributed by atoms with Crippen LogP contribution in [0, 0.1) is 20.8 Å². The van der Waals surface area contributed by atoms with Crippen molar-refractivity contribution in [2.24, 2.45) is 0 Å². The van der Waals surface area contributed by atoms with E-state index in [2.05, 4.69) is 33.6 Å². The van der Waals surface area contributed by atoms with Crippen molar-refractivity contribution < 1.29 is 4.79 Å². The summed E-state index contributed by atoms with van der Waals surface area (Å²) in [6.07, 6.45) is 1.82. The zero-order valence-electron chi connectivity index (χ0n) is 17.6. The molecule has 0 aliphatic rings. The standard InChI is InChI=1S/C25H26N4O/c1-17-15-24-26-18(2)22(19(3)29(24)28-17)13-14-25(30)27-23-12-8-7-11-21(23)16-20-9-5-4-6-10-20/h4-12,15H,13-14,16H2,1-3H3,(H,27,30). The van der Waals surface area contributed by atoms with Gasteiger partial charge in [0.05, 0.1) is 5.69 Å². The molecule has 5 heteroatoms. The Labute approximate surface area is 176 Å². The molecular formula is C25H26N4O. The Bertz CT molecular complexity index is 1190. The number of nitrogens with zero attached hydrogens (tertiary/aromatic N) is 3. The molecule has 4 aromatic rings. The Morgan fingerprint density at radius 3 is 2.53 bits per heavy atom. The lowest BCUT2D eigenvalue weighted by molar-refractivity contribution is -0.116. The van der Waals surface area contributed by atoms with Gasteiger partial charge in [-0.25, -0.2) is 9.50 Å². The van der Waals surface area contributed by atoms with Crippen molar-refractivity contribution in [3.05, 3.63) is 94.4 Å². The average Bonchev–Trinajstić information content (AvgIpc) is 3.10. The fourth-order valence-corrected chi connectivity index (χ4v) is 3.87. The molecule has 0 aliphatic heterocycles. The third-order valence-corrected chi connectivity index (χ3v) is 5.42. The molecule has 0 atom stereocenters. The maximum Gasteiger partial charge on any atom is 0.224 e. The summed E-state index contributed by atoms with van der Waals surface area (Å²) in [6.45, 7) is 6.00. The molecule has 30 heavy (non-hydrogen) atoms. The van der Waals surface area contributed by atoms with Gasteiger partial charge in [-0.05, 0) is 56.4 Å². The fraction of sp³-hybridized carbons (Fsp3) is 0.240. The topological polar surface area (TPSA) is 59.3 Å². The number of para-hydroxylation sites is 1. The first-order valence-electron chi connectivity index (χ1n) is 10.3. The van der Waals surface area contributed by atoms with Crippen molar-refractivity contribution in [2.45, 2.75) is 40.0 Å². The molecule has 0 saturated heterocycles. The molecule has 1 N–H and O–H groups in total. The average molecular weight is 399 g/mol. The molecule has 4 rings (SSSR count). The highest BCUT2D eigenvalue weighted by atomic mass is 16.1. The quantitative estimate of drug-likeness (QED) is 0.507. The number of aryl methyl sites for hydroxylation is 3. The number of rotatable bonds is 6. The normalized spacial score (nSPS) is 11.0. The van der Waals surface area contributed by atoms with Crippen LogP contribution in [0.25, 0.3) is 5.65 Å². The van der Waals surface area contributed by atoms with Crippen LogP contribution in [-0.4, -0.2) is 20.5 Å². The summed E-state index contributed by atoms with van der Waals surface area (Å²) in [5, 5.41) is 7.61. The van der Waals surface area contributed by atoms with Gasteiger partial charge in [0.25, 0.3) is 0 Å². The van der Waals surface area contributed by atoms with E-state index in [1.165, 1.54) is 5.56 Å². The first-order chi connectivity index (χ1) is 14.5. The van der Waals surface area contributed by atoms with Gasteiger partial charge >= 0.3 is 0 Å². The van der Waals surface area contributed by atoms with E-state index in [-0.39, 0.29) is 5.91 Å². The van der Waals surface area contributed by atoms with Crippen LogP contribution in [-0.2, 0) is 17.6 Å². The number of amides is 1. The van der Waals surface area contributed by atoms with E-state index in [4.69, 9.17) is 0 Å². The van der Waals surface area contributed by atoms with E-state index in [9.17, 15) is 4.79 Å². The highest BCUT2D eigenvalue weighted by Gasteiger charge is 2.14. The molecule has 2 aromatic carbocycles. The number of benzene rings is 2. The largest absolute Gasteiger partial charge is 0.326 e. The van der Waals surface area contributed by atoms with Crippen LogP contribution in [0.3, 0.4) is 0 Å². The van der Waals surface area contributed by atoms with Crippen molar-refractivity contribution in [3.63, 3.8) is 0 Å². The molecule has 0 spiro atoms. The molecule has 0 radical (unpaired) electrons. The summed E-state index contributed by atoms with van der Waals surface area (Å²) in [4.78, 5) is 17.4. The fourth-order valence-electron chi connectivity index (χ4n) is 3.87. The van der Waals surface area contributed by atoms with Crippen LogP contribution in [0.5, 0.6) is 0 Å². The summed E-state index contributed by atoms with van der Waals surface area (Å²) < 4.78 is 1.87. The minimum Gasteiger partial charge on any atom is -0.326 e. The predicted octanol–water partition coefficient (Wildman–Crippen LogP) is 4.82. The van der Waals surface area contributed by atoms with Gasteiger partial charge in [-0.15, -0.1) is 0 Å². The number of hydrogen-bond donors (Lipinski definition) is 1. The van der Waals surface area contributed by atoms with Gasteiger partial charge < -0.3 is 5.32 Å². The van der Waals surface area contributed by atoms with Gasteiger partial charge in [0.1, 0.15) is 0 Å². The van der Waals surface area contributed by atoms with E-state index in [0.717, 1.165) is 46.0 Å². The number of anilines is 1. The predicted molar refractivity (Wildman–Crippen MR) is 120 cm³/mol. The van der Waals surface area contributed by atoms with E-state index < -0.39 is 0 Å². The Kier molecular flexibility index (Phi) is 5.61. The Balaban J connectivity index is 1.47.